The van der Waals surface area contributed by atoms with Gasteiger partial charge in [-0.15, -0.1) is 0 Å². The second-order valence-corrected chi connectivity index (χ2v) is 15.1. The highest BCUT2D eigenvalue weighted by Gasteiger charge is 2.72. The van der Waals surface area contributed by atoms with E-state index in [1.165, 1.54) is 0 Å². The number of fused-ring (bicyclic) bond motifs is 5. The maximum atomic E-state index is 13.0. The number of hydrogen-bond donors (Lipinski definition) is 5. The van der Waals surface area contributed by atoms with E-state index in [4.69, 9.17) is 4.74 Å². The molecule has 4 aliphatic carbocycles. The van der Waals surface area contributed by atoms with Gasteiger partial charge in [0, 0.05) is 17.8 Å². The lowest BCUT2D eigenvalue weighted by Gasteiger charge is -2.70. The third kappa shape index (κ3) is 3.39. The van der Waals surface area contributed by atoms with Crippen LogP contribution in [0.2, 0.25) is 0 Å². The first-order valence-corrected chi connectivity index (χ1v) is 14.6. The fraction of sp³-hybridized carbons (Fsp3) is 0.967. The van der Waals surface area contributed by atoms with Gasteiger partial charge in [0.1, 0.15) is 6.10 Å². The summed E-state index contributed by atoms with van der Waals surface area (Å²) in [6.07, 6.45) is 4.39. The van der Waals surface area contributed by atoms with Gasteiger partial charge in [-0.25, -0.2) is 4.79 Å². The van der Waals surface area contributed by atoms with Gasteiger partial charge in [-0.3, -0.25) is 0 Å². The zero-order valence-electron chi connectivity index (χ0n) is 23.7. The molecule has 0 amide bonds. The van der Waals surface area contributed by atoms with Crippen molar-refractivity contribution < 1.29 is 35.1 Å². The number of aliphatic hydroxyl groups excluding tert-OH is 4. The smallest absolute Gasteiger partial charge is 0.336 e. The molecule has 5 rings (SSSR count). The van der Waals surface area contributed by atoms with Crippen LogP contribution in [0.15, 0.2) is 0 Å². The average molecular weight is 523 g/mol. The summed E-state index contributed by atoms with van der Waals surface area (Å²) in [6.45, 7) is 12.7. The van der Waals surface area contributed by atoms with Crippen molar-refractivity contribution in [2.45, 2.75) is 129 Å². The number of carboxylic acids is 1. The van der Waals surface area contributed by atoms with Crippen molar-refractivity contribution in [1.82, 2.24) is 0 Å². The van der Waals surface area contributed by atoms with Gasteiger partial charge in [0.05, 0.1) is 24.4 Å². The Bertz CT molecular complexity index is 937. The van der Waals surface area contributed by atoms with Gasteiger partial charge >= 0.3 is 5.97 Å². The molecule has 5 N–H and O–H groups in total. The summed E-state index contributed by atoms with van der Waals surface area (Å²) in [4.78, 5) is 13.0. The van der Waals surface area contributed by atoms with Crippen molar-refractivity contribution in [2.75, 3.05) is 6.61 Å². The molecule has 0 spiro atoms. The topological polar surface area (TPSA) is 127 Å². The van der Waals surface area contributed by atoms with Crippen LogP contribution in [0, 0.1) is 45.3 Å². The highest BCUT2D eigenvalue weighted by molar-refractivity contribution is 5.78. The van der Waals surface area contributed by atoms with Crippen LogP contribution in [0.1, 0.15) is 99.3 Å². The largest absolute Gasteiger partial charge is 0.479 e. The van der Waals surface area contributed by atoms with Gasteiger partial charge in [-0.2, -0.15) is 0 Å². The Morgan fingerprint density at radius 3 is 2.05 bits per heavy atom. The van der Waals surface area contributed by atoms with Gasteiger partial charge in [0.25, 0.3) is 0 Å². The van der Waals surface area contributed by atoms with Crippen LogP contribution >= 0.6 is 0 Å². The lowest BCUT2D eigenvalue weighted by atomic mass is 9.35. The van der Waals surface area contributed by atoms with E-state index in [0.717, 1.165) is 44.9 Å². The highest BCUT2D eigenvalue weighted by atomic mass is 16.6. The molecule has 0 radical (unpaired) electrons. The Hall–Kier alpha value is -0.730. The van der Waals surface area contributed by atoms with Crippen molar-refractivity contribution in [3.05, 3.63) is 0 Å². The molecule has 0 aromatic heterocycles. The van der Waals surface area contributed by atoms with E-state index in [9.17, 15) is 30.3 Å². The van der Waals surface area contributed by atoms with Crippen molar-refractivity contribution >= 4 is 5.97 Å². The first-order valence-electron chi connectivity index (χ1n) is 14.6. The third-order valence-electron chi connectivity index (χ3n) is 13.5. The molecular weight excluding hydrogens is 472 g/mol. The number of aliphatic hydroxyl groups is 4. The molecule has 1 saturated heterocycles. The van der Waals surface area contributed by atoms with Crippen LogP contribution < -0.4 is 0 Å². The summed E-state index contributed by atoms with van der Waals surface area (Å²) < 4.78 is 6.35. The van der Waals surface area contributed by atoms with E-state index >= 15 is 0 Å². The summed E-state index contributed by atoms with van der Waals surface area (Å²) in [5.74, 6) is -0.399. The molecule has 7 nitrogen and oxygen atoms in total. The van der Waals surface area contributed by atoms with E-state index in [-0.39, 0.29) is 47.0 Å². The van der Waals surface area contributed by atoms with Crippen molar-refractivity contribution in [3.63, 3.8) is 0 Å². The minimum Gasteiger partial charge on any atom is -0.479 e. The molecule has 37 heavy (non-hydrogen) atoms. The van der Waals surface area contributed by atoms with E-state index in [2.05, 4.69) is 27.7 Å². The van der Waals surface area contributed by atoms with E-state index in [1.807, 2.05) is 0 Å². The SMILES string of the molecule is CC1(C)O[C@](C(=O)O)([C@H]2CC[C@]3(C)[C@@H]2CC[C@@H]2[C@@]4(C)CC[C@H](O)[C@](C)(CO)[C@@H]4CC[C@]23C)C[C@H](O)[C@@H]1O. The minimum absolute atomic E-state index is 0.00224. The Morgan fingerprint density at radius 1 is 0.811 bits per heavy atom. The predicted octanol–water partition coefficient (Wildman–Crippen LogP) is 3.75. The minimum atomic E-state index is -1.51. The van der Waals surface area contributed by atoms with Crippen molar-refractivity contribution in [1.29, 1.82) is 0 Å². The molecule has 0 unspecified atom stereocenters. The summed E-state index contributed by atoms with van der Waals surface area (Å²) in [7, 11) is 0. The van der Waals surface area contributed by atoms with Crippen molar-refractivity contribution in [2.24, 2.45) is 45.3 Å². The Labute approximate surface area is 222 Å². The fourth-order valence-electron chi connectivity index (χ4n) is 11.3. The molecule has 0 bridgehead atoms. The lowest BCUT2D eigenvalue weighted by molar-refractivity contribution is -0.280. The zero-order valence-corrected chi connectivity index (χ0v) is 23.7. The second kappa shape index (κ2) is 8.39. The predicted molar refractivity (Wildman–Crippen MR) is 139 cm³/mol. The van der Waals surface area contributed by atoms with Gasteiger partial charge < -0.3 is 30.3 Å². The number of carbonyl (C=O) groups is 1. The number of ether oxygens (including phenoxy) is 1. The maximum Gasteiger partial charge on any atom is 0.336 e. The van der Waals surface area contributed by atoms with Crippen LogP contribution in [-0.2, 0) is 9.53 Å². The van der Waals surface area contributed by atoms with Gasteiger partial charge in [0.15, 0.2) is 5.60 Å². The Kier molecular flexibility index (Phi) is 6.31. The summed E-state index contributed by atoms with van der Waals surface area (Å²) in [5.41, 5.74) is -3.20. The van der Waals surface area contributed by atoms with Gasteiger partial charge in [-0.1, -0.05) is 27.7 Å². The first kappa shape index (κ1) is 27.8. The molecule has 1 heterocycles. The standard InChI is InChI=1S/C30H50O7/c1-25(2)23(34)19(32)15-30(37-25,24(35)36)18-9-13-28(5)17(18)7-8-21-26(3)12-11-22(33)27(4,16-31)20(26)10-14-29(21,28)6/h17-23,31-34H,7-16H2,1-6H3,(H,35,36)/t17-,18+,19+,20-,21-,22+,23+,26+,27-,28-,29-,30+/m1/s1. The average Bonchev–Trinajstić information content (AvgIpc) is 3.18. The van der Waals surface area contributed by atoms with Crippen LogP contribution in [0.25, 0.3) is 0 Å². The first-order chi connectivity index (χ1) is 17.0. The Morgan fingerprint density at radius 2 is 1.46 bits per heavy atom. The molecule has 5 fully saturated rings. The third-order valence-corrected chi connectivity index (χ3v) is 13.5. The molecule has 7 heteroatoms. The fourth-order valence-corrected chi connectivity index (χ4v) is 11.3. The zero-order chi connectivity index (χ0) is 27.4. The number of rotatable bonds is 3. The quantitative estimate of drug-likeness (QED) is 0.382. The van der Waals surface area contributed by atoms with Crippen LogP contribution in [0.3, 0.4) is 0 Å². The normalized spacial score (nSPS) is 57.2. The van der Waals surface area contributed by atoms with Crippen LogP contribution in [0.5, 0.6) is 0 Å². The summed E-state index contributed by atoms with van der Waals surface area (Å²) in [5, 5.41) is 53.3. The second-order valence-electron chi connectivity index (χ2n) is 15.1. The van der Waals surface area contributed by atoms with Gasteiger partial charge in [0.2, 0.25) is 0 Å². The highest BCUT2D eigenvalue weighted by Crippen LogP contribution is 2.76. The maximum absolute atomic E-state index is 13.0. The molecular formula is C30H50O7. The molecule has 12 atom stereocenters. The monoisotopic (exact) mass is 522 g/mol. The molecule has 1 aliphatic heterocycles. The van der Waals surface area contributed by atoms with Crippen molar-refractivity contribution in [3.8, 4) is 0 Å². The Balaban J connectivity index is 1.51. The summed E-state index contributed by atoms with van der Waals surface area (Å²) >= 11 is 0. The van der Waals surface area contributed by atoms with E-state index in [0.29, 0.717) is 12.3 Å². The molecule has 4 saturated carbocycles. The molecule has 5 aliphatic rings. The van der Waals surface area contributed by atoms with Crippen LogP contribution in [0.4, 0.5) is 0 Å². The van der Waals surface area contributed by atoms with E-state index in [1.54, 1.807) is 13.8 Å². The van der Waals surface area contributed by atoms with Crippen LogP contribution in [-0.4, -0.2) is 67.6 Å². The van der Waals surface area contributed by atoms with Gasteiger partial charge in [-0.05, 0) is 99.2 Å². The lowest BCUT2D eigenvalue weighted by Crippen LogP contribution is -2.67. The summed E-state index contributed by atoms with van der Waals surface area (Å²) in [6, 6.07) is 0. The number of carboxylic acid groups (broad SMARTS) is 1. The number of hydrogen-bond acceptors (Lipinski definition) is 6. The van der Waals surface area contributed by atoms with E-state index < -0.39 is 40.9 Å². The number of aliphatic carboxylic acids is 1. The molecule has 0 aromatic carbocycles. The molecule has 212 valence electrons. The molecule has 0 aromatic rings.